The van der Waals surface area contributed by atoms with Gasteiger partial charge in [-0.2, -0.15) is 0 Å². The van der Waals surface area contributed by atoms with Crippen molar-refractivity contribution in [2.24, 2.45) is 0 Å². The van der Waals surface area contributed by atoms with Gasteiger partial charge in [-0.05, 0) is 35.4 Å². The second-order valence-corrected chi connectivity index (χ2v) is 5.95. The van der Waals surface area contributed by atoms with Crippen LogP contribution in [0, 0.1) is 0 Å². The van der Waals surface area contributed by atoms with Gasteiger partial charge < -0.3 is 19.1 Å². The molecule has 0 radical (unpaired) electrons. The van der Waals surface area contributed by atoms with Gasteiger partial charge in [0.25, 0.3) is 5.91 Å². The predicted octanol–water partition coefficient (Wildman–Crippen LogP) is 2.65. The van der Waals surface area contributed by atoms with Crippen LogP contribution < -0.4 is 4.90 Å². The summed E-state index contributed by atoms with van der Waals surface area (Å²) in [6.45, 7) is 1.33. The summed E-state index contributed by atoms with van der Waals surface area (Å²) in [6, 6.07) is 13.1. The molecule has 1 aliphatic heterocycles. The summed E-state index contributed by atoms with van der Waals surface area (Å²) < 4.78 is 15.4. The van der Waals surface area contributed by atoms with Gasteiger partial charge in [0, 0.05) is 24.9 Å². The number of carbonyl (C=O) groups excluding carboxylic acids is 2. The molecule has 0 bridgehead atoms. The van der Waals surface area contributed by atoms with E-state index < -0.39 is 0 Å². The largest absolute Gasteiger partial charge is 0.465 e. The van der Waals surface area contributed by atoms with Crippen molar-refractivity contribution in [3.05, 3.63) is 53.6 Å². The number of nitrogens with zero attached hydrogens (tertiary/aromatic N) is 1. The smallest absolute Gasteiger partial charge is 0.337 e. The zero-order chi connectivity index (χ0) is 18.5. The molecular formula is C20H21NO5. The van der Waals surface area contributed by atoms with Crippen molar-refractivity contribution in [1.29, 1.82) is 0 Å². The molecule has 6 nitrogen and oxygen atoms in total. The number of fused-ring (bicyclic) bond motifs is 1. The molecule has 0 spiro atoms. The number of ether oxygens (including phenoxy) is 3. The van der Waals surface area contributed by atoms with Crippen molar-refractivity contribution in [3.8, 4) is 11.1 Å². The van der Waals surface area contributed by atoms with E-state index in [9.17, 15) is 9.59 Å². The van der Waals surface area contributed by atoms with Gasteiger partial charge in [0.2, 0.25) is 0 Å². The molecule has 0 aromatic heterocycles. The van der Waals surface area contributed by atoms with Gasteiger partial charge in [0.05, 0.1) is 25.9 Å². The maximum absolute atomic E-state index is 12.3. The Labute approximate surface area is 152 Å². The maximum Gasteiger partial charge on any atom is 0.337 e. The lowest BCUT2D eigenvalue weighted by Gasteiger charge is -2.22. The second-order valence-electron chi connectivity index (χ2n) is 5.95. The van der Waals surface area contributed by atoms with Crippen LogP contribution in [-0.2, 0) is 25.6 Å². The van der Waals surface area contributed by atoms with E-state index in [1.807, 2.05) is 30.3 Å². The van der Waals surface area contributed by atoms with E-state index in [4.69, 9.17) is 14.2 Å². The molecule has 0 fully saturated rings. The number of hydrogen-bond donors (Lipinski definition) is 0. The highest BCUT2D eigenvalue weighted by atomic mass is 16.5. The van der Waals surface area contributed by atoms with Gasteiger partial charge in [-0.25, -0.2) is 4.79 Å². The molecule has 0 N–H and O–H groups in total. The van der Waals surface area contributed by atoms with Crippen LogP contribution in [0.1, 0.15) is 15.9 Å². The van der Waals surface area contributed by atoms with Gasteiger partial charge in [0.1, 0.15) is 6.61 Å². The number of esters is 1. The van der Waals surface area contributed by atoms with Crippen LogP contribution in [0.4, 0.5) is 5.69 Å². The van der Waals surface area contributed by atoms with Crippen molar-refractivity contribution < 1.29 is 23.8 Å². The highest BCUT2D eigenvalue weighted by Crippen LogP contribution is 2.30. The van der Waals surface area contributed by atoms with E-state index in [-0.39, 0.29) is 18.5 Å². The fourth-order valence-electron chi connectivity index (χ4n) is 2.98. The number of rotatable bonds is 5. The van der Waals surface area contributed by atoms with E-state index >= 15 is 0 Å². The van der Waals surface area contributed by atoms with Crippen LogP contribution in [0.5, 0.6) is 0 Å². The van der Waals surface area contributed by atoms with Crippen LogP contribution in [0.15, 0.2) is 42.5 Å². The van der Waals surface area contributed by atoms with E-state index in [0.717, 1.165) is 22.4 Å². The molecule has 1 aliphatic rings. The van der Waals surface area contributed by atoms with Gasteiger partial charge in [-0.1, -0.05) is 18.2 Å². The maximum atomic E-state index is 12.3. The Morgan fingerprint density at radius 2 is 1.92 bits per heavy atom. The van der Waals surface area contributed by atoms with Crippen molar-refractivity contribution in [3.63, 3.8) is 0 Å². The average Bonchev–Trinajstić information content (AvgIpc) is 2.83. The lowest BCUT2D eigenvalue weighted by molar-refractivity contribution is -0.123. The highest BCUT2D eigenvalue weighted by molar-refractivity contribution is 5.96. The van der Waals surface area contributed by atoms with Crippen molar-refractivity contribution in [2.45, 2.75) is 6.61 Å². The second kappa shape index (κ2) is 8.12. The molecule has 6 heteroatoms. The van der Waals surface area contributed by atoms with Crippen molar-refractivity contribution >= 4 is 17.6 Å². The number of anilines is 1. The molecule has 0 saturated heterocycles. The summed E-state index contributed by atoms with van der Waals surface area (Å²) in [5.41, 5.74) is 4.09. The molecule has 3 rings (SSSR count). The zero-order valence-electron chi connectivity index (χ0n) is 14.9. The first kappa shape index (κ1) is 18.1. The Morgan fingerprint density at radius 3 is 2.69 bits per heavy atom. The summed E-state index contributed by atoms with van der Waals surface area (Å²) in [5.74, 6) is -0.456. The Morgan fingerprint density at radius 1 is 1.12 bits per heavy atom. The van der Waals surface area contributed by atoms with Gasteiger partial charge in [0.15, 0.2) is 0 Å². The number of benzene rings is 2. The summed E-state index contributed by atoms with van der Waals surface area (Å²) in [7, 11) is 2.97. The van der Waals surface area contributed by atoms with Crippen LogP contribution >= 0.6 is 0 Å². The first-order valence-corrected chi connectivity index (χ1v) is 8.32. The SMILES string of the molecule is COCCN1C(=O)COCc2cc(-c3cccc(C(=O)OC)c3)ccc21. The van der Waals surface area contributed by atoms with Gasteiger partial charge in [-0.15, -0.1) is 0 Å². The minimum atomic E-state index is -0.374. The van der Waals surface area contributed by atoms with E-state index in [2.05, 4.69) is 0 Å². The summed E-state index contributed by atoms with van der Waals surface area (Å²) in [6.07, 6.45) is 0. The van der Waals surface area contributed by atoms with Crippen LogP contribution in [-0.4, -0.2) is 45.9 Å². The Bertz CT molecular complexity index is 818. The van der Waals surface area contributed by atoms with Crippen LogP contribution in [0.25, 0.3) is 11.1 Å². The molecule has 0 saturated carbocycles. The third kappa shape index (κ3) is 3.76. The number of hydrogen-bond acceptors (Lipinski definition) is 5. The Balaban J connectivity index is 1.96. The van der Waals surface area contributed by atoms with Crippen LogP contribution in [0.3, 0.4) is 0 Å². The monoisotopic (exact) mass is 355 g/mol. The first-order chi connectivity index (χ1) is 12.6. The molecule has 1 heterocycles. The molecule has 2 aromatic rings. The molecule has 0 atom stereocenters. The Hall–Kier alpha value is -2.70. The van der Waals surface area contributed by atoms with E-state index in [1.165, 1.54) is 7.11 Å². The molecule has 136 valence electrons. The fourth-order valence-corrected chi connectivity index (χ4v) is 2.98. The first-order valence-electron chi connectivity index (χ1n) is 8.32. The number of amides is 1. The van der Waals surface area contributed by atoms with E-state index in [1.54, 1.807) is 24.1 Å². The lowest BCUT2D eigenvalue weighted by Crippen LogP contribution is -2.35. The van der Waals surface area contributed by atoms with Crippen molar-refractivity contribution in [2.75, 3.05) is 38.9 Å². The average molecular weight is 355 g/mol. The Kier molecular flexibility index (Phi) is 5.65. The minimum Gasteiger partial charge on any atom is -0.465 e. The normalized spacial score (nSPS) is 13.9. The quantitative estimate of drug-likeness (QED) is 0.772. The molecule has 0 aliphatic carbocycles. The predicted molar refractivity (Wildman–Crippen MR) is 97.1 cm³/mol. The third-order valence-electron chi connectivity index (χ3n) is 4.29. The molecular weight excluding hydrogens is 334 g/mol. The fraction of sp³-hybridized carbons (Fsp3) is 0.300. The van der Waals surface area contributed by atoms with Gasteiger partial charge in [-0.3, -0.25) is 4.79 Å². The number of methoxy groups -OCH3 is 2. The zero-order valence-corrected chi connectivity index (χ0v) is 14.9. The standard InChI is InChI=1S/C20H21NO5/c1-24-9-8-21-18-7-6-15(11-17(18)12-26-13-19(21)22)14-4-3-5-16(10-14)20(23)25-2/h3-7,10-11H,8-9,12-13H2,1-2H3. The summed E-state index contributed by atoms with van der Waals surface area (Å²) in [4.78, 5) is 25.7. The third-order valence-corrected chi connectivity index (χ3v) is 4.29. The van der Waals surface area contributed by atoms with Crippen molar-refractivity contribution in [1.82, 2.24) is 0 Å². The lowest BCUT2D eigenvalue weighted by atomic mass is 10.00. The van der Waals surface area contributed by atoms with E-state index in [0.29, 0.717) is 25.3 Å². The summed E-state index contributed by atoms with van der Waals surface area (Å²) >= 11 is 0. The topological polar surface area (TPSA) is 65.1 Å². The molecule has 1 amide bonds. The summed E-state index contributed by atoms with van der Waals surface area (Å²) in [5, 5.41) is 0. The van der Waals surface area contributed by atoms with Gasteiger partial charge >= 0.3 is 5.97 Å². The minimum absolute atomic E-state index is 0.0472. The highest BCUT2D eigenvalue weighted by Gasteiger charge is 2.22. The number of carbonyl (C=O) groups is 2. The molecule has 26 heavy (non-hydrogen) atoms. The molecule has 2 aromatic carbocycles. The van der Waals surface area contributed by atoms with Crippen LogP contribution in [0.2, 0.25) is 0 Å². The molecule has 0 unspecified atom stereocenters.